The summed E-state index contributed by atoms with van der Waals surface area (Å²) in [4.78, 5) is 18.3. The first-order valence-electron chi connectivity index (χ1n) is 6.17. The second-order valence-corrected chi connectivity index (χ2v) is 5.52. The van der Waals surface area contributed by atoms with Crippen LogP contribution in [-0.2, 0) is 4.79 Å². The van der Waals surface area contributed by atoms with Crippen molar-refractivity contribution in [3.05, 3.63) is 47.6 Å². The molecule has 4 heteroatoms. The van der Waals surface area contributed by atoms with E-state index in [1.807, 2.05) is 35.2 Å². The number of carbonyl (C=O) groups excluding carboxylic acids is 1. The molecule has 1 aromatic carbocycles. The second-order valence-electron chi connectivity index (χ2n) is 4.67. The maximum atomic E-state index is 12.1. The van der Waals surface area contributed by atoms with Crippen molar-refractivity contribution in [3.8, 4) is 0 Å². The Morgan fingerprint density at radius 2 is 2.26 bits per heavy atom. The first-order valence-corrected chi connectivity index (χ1v) is 6.96. The molecule has 2 heterocycles. The standard InChI is InChI=1S/C15H13BrN2O/c1-2-10-8-14(19)18(9-10)13-6-5-12(16)15-11(13)4-3-7-17-15/h2-7,10H,1,8-9H2. The van der Waals surface area contributed by atoms with Crippen LogP contribution in [-0.4, -0.2) is 17.4 Å². The normalized spacial score (nSPS) is 19.1. The van der Waals surface area contributed by atoms with E-state index in [-0.39, 0.29) is 11.8 Å². The molecule has 0 N–H and O–H groups in total. The van der Waals surface area contributed by atoms with Crippen molar-refractivity contribution in [2.75, 3.05) is 11.4 Å². The van der Waals surface area contributed by atoms with E-state index in [0.717, 1.165) is 21.1 Å². The molecule has 96 valence electrons. The molecule has 1 aromatic heterocycles. The number of hydrogen-bond acceptors (Lipinski definition) is 2. The van der Waals surface area contributed by atoms with Crippen LogP contribution < -0.4 is 4.90 Å². The number of rotatable bonds is 2. The monoisotopic (exact) mass is 316 g/mol. The molecule has 0 aliphatic carbocycles. The Hall–Kier alpha value is -1.68. The van der Waals surface area contributed by atoms with Gasteiger partial charge in [-0.3, -0.25) is 9.78 Å². The lowest BCUT2D eigenvalue weighted by Gasteiger charge is -2.18. The Morgan fingerprint density at radius 1 is 1.42 bits per heavy atom. The van der Waals surface area contributed by atoms with Gasteiger partial charge in [0.2, 0.25) is 5.91 Å². The zero-order valence-electron chi connectivity index (χ0n) is 10.3. The molecule has 1 saturated heterocycles. The van der Waals surface area contributed by atoms with Crippen LogP contribution in [0, 0.1) is 5.92 Å². The van der Waals surface area contributed by atoms with Crippen LogP contribution in [0.4, 0.5) is 5.69 Å². The Morgan fingerprint density at radius 3 is 3.00 bits per heavy atom. The molecule has 1 unspecified atom stereocenters. The van der Waals surface area contributed by atoms with E-state index < -0.39 is 0 Å². The molecule has 1 atom stereocenters. The van der Waals surface area contributed by atoms with Gasteiger partial charge in [-0.05, 0) is 40.2 Å². The summed E-state index contributed by atoms with van der Waals surface area (Å²) in [5, 5.41) is 0.995. The molecule has 0 saturated carbocycles. The van der Waals surface area contributed by atoms with Crippen LogP contribution in [0.15, 0.2) is 47.6 Å². The Balaban J connectivity index is 2.14. The zero-order valence-corrected chi connectivity index (χ0v) is 11.9. The number of pyridine rings is 1. The number of fused-ring (bicyclic) bond motifs is 1. The third kappa shape index (κ3) is 2.06. The van der Waals surface area contributed by atoms with Gasteiger partial charge >= 0.3 is 0 Å². The van der Waals surface area contributed by atoms with Crippen LogP contribution in [0.5, 0.6) is 0 Å². The number of aromatic nitrogens is 1. The maximum Gasteiger partial charge on any atom is 0.227 e. The highest BCUT2D eigenvalue weighted by atomic mass is 79.9. The minimum absolute atomic E-state index is 0.150. The van der Waals surface area contributed by atoms with E-state index >= 15 is 0 Å². The lowest BCUT2D eigenvalue weighted by atomic mass is 10.1. The van der Waals surface area contributed by atoms with Gasteiger partial charge in [-0.1, -0.05) is 6.08 Å². The SMILES string of the molecule is C=CC1CC(=O)N(c2ccc(Br)c3ncccc23)C1. The van der Waals surface area contributed by atoms with Gasteiger partial charge in [0.25, 0.3) is 0 Å². The van der Waals surface area contributed by atoms with Gasteiger partial charge < -0.3 is 4.90 Å². The van der Waals surface area contributed by atoms with Crippen molar-refractivity contribution in [2.24, 2.45) is 5.92 Å². The van der Waals surface area contributed by atoms with Crippen LogP contribution in [0.3, 0.4) is 0 Å². The van der Waals surface area contributed by atoms with E-state index in [1.54, 1.807) is 6.20 Å². The molecule has 1 aliphatic heterocycles. The van der Waals surface area contributed by atoms with Gasteiger partial charge in [0.15, 0.2) is 0 Å². The molecule has 19 heavy (non-hydrogen) atoms. The van der Waals surface area contributed by atoms with Crippen LogP contribution in [0.1, 0.15) is 6.42 Å². The minimum Gasteiger partial charge on any atom is -0.311 e. The summed E-state index contributed by atoms with van der Waals surface area (Å²) >= 11 is 3.50. The maximum absolute atomic E-state index is 12.1. The van der Waals surface area contributed by atoms with Gasteiger partial charge in [-0.15, -0.1) is 6.58 Å². The molecule has 1 fully saturated rings. The molecule has 3 nitrogen and oxygen atoms in total. The summed E-state index contributed by atoms with van der Waals surface area (Å²) in [6, 6.07) is 7.80. The van der Waals surface area contributed by atoms with Crippen molar-refractivity contribution in [1.29, 1.82) is 0 Å². The third-order valence-electron chi connectivity index (χ3n) is 3.48. The third-order valence-corrected chi connectivity index (χ3v) is 4.12. The highest BCUT2D eigenvalue weighted by molar-refractivity contribution is 9.10. The predicted molar refractivity (Wildman–Crippen MR) is 80.1 cm³/mol. The van der Waals surface area contributed by atoms with Crippen LogP contribution in [0.2, 0.25) is 0 Å². The highest BCUT2D eigenvalue weighted by Crippen LogP contribution is 2.34. The predicted octanol–water partition coefficient (Wildman–Crippen LogP) is 3.54. The van der Waals surface area contributed by atoms with Crippen molar-refractivity contribution in [1.82, 2.24) is 4.98 Å². The number of halogens is 1. The van der Waals surface area contributed by atoms with Gasteiger partial charge in [0.1, 0.15) is 0 Å². The summed E-state index contributed by atoms with van der Waals surface area (Å²) in [7, 11) is 0. The topological polar surface area (TPSA) is 33.2 Å². The van der Waals surface area contributed by atoms with E-state index in [9.17, 15) is 4.79 Å². The molecule has 0 spiro atoms. The van der Waals surface area contributed by atoms with Gasteiger partial charge in [0.05, 0.1) is 11.2 Å². The van der Waals surface area contributed by atoms with Gasteiger partial charge in [0, 0.05) is 34.9 Å². The quantitative estimate of drug-likeness (QED) is 0.794. The Bertz CT molecular complexity index is 668. The van der Waals surface area contributed by atoms with E-state index in [0.29, 0.717) is 13.0 Å². The number of nitrogens with zero attached hydrogens (tertiary/aromatic N) is 2. The molecule has 0 bridgehead atoms. The molecule has 1 aliphatic rings. The molecule has 1 amide bonds. The second kappa shape index (κ2) is 4.78. The van der Waals surface area contributed by atoms with Crippen LogP contribution in [0.25, 0.3) is 10.9 Å². The number of amides is 1. The van der Waals surface area contributed by atoms with E-state index in [1.165, 1.54) is 0 Å². The van der Waals surface area contributed by atoms with E-state index in [4.69, 9.17) is 0 Å². The van der Waals surface area contributed by atoms with Gasteiger partial charge in [-0.2, -0.15) is 0 Å². The average Bonchev–Trinajstić information content (AvgIpc) is 2.81. The van der Waals surface area contributed by atoms with E-state index in [2.05, 4.69) is 27.5 Å². The van der Waals surface area contributed by atoms with Crippen molar-refractivity contribution in [3.63, 3.8) is 0 Å². The summed E-state index contributed by atoms with van der Waals surface area (Å²) in [6.45, 7) is 4.49. The first-order chi connectivity index (χ1) is 9.20. The number of benzene rings is 1. The largest absolute Gasteiger partial charge is 0.311 e. The summed E-state index contributed by atoms with van der Waals surface area (Å²) in [5.41, 5.74) is 1.82. The minimum atomic E-state index is 0.150. The molecular weight excluding hydrogens is 304 g/mol. The molecule has 0 radical (unpaired) electrons. The zero-order chi connectivity index (χ0) is 13.4. The molecule has 3 rings (SSSR count). The fourth-order valence-corrected chi connectivity index (χ4v) is 2.93. The smallest absolute Gasteiger partial charge is 0.227 e. The van der Waals surface area contributed by atoms with Crippen molar-refractivity contribution in [2.45, 2.75) is 6.42 Å². The summed E-state index contributed by atoms with van der Waals surface area (Å²) < 4.78 is 0.943. The van der Waals surface area contributed by atoms with Crippen molar-refractivity contribution >= 4 is 38.4 Å². The molecular formula is C15H13BrN2O. The first kappa shape index (κ1) is 12.4. The average molecular weight is 317 g/mol. The van der Waals surface area contributed by atoms with Crippen LogP contribution >= 0.6 is 15.9 Å². The van der Waals surface area contributed by atoms with Crippen molar-refractivity contribution < 1.29 is 4.79 Å². The number of hydrogen-bond donors (Lipinski definition) is 0. The number of anilines is 1. The summed E-state index contributed by atoms with van der Waals surface area (Å²) in [6.07, 6.45) is 4.16. The Labute approximate surface area is 120 Å². The molecule has 2 aromatic rings. The fourth-order valence-electron chi connectivity index (χ4n) is 2.48. The number of carbonyl (C=O) groups is 1. The lowest BCUT2D eigenvalue weighted by molar-refractivity contribution is -0.117. The summed E-state index contributed by atoms with van der Waals surface area (Å²) in [5.74, 6) is 0.389. The highest BCUT2D eigenvalue weighted by Gasteiger charge is 2.29. The van der Waals surface area contributed by atoms with Gasteiger partial charge in [-0.25, -0.2) is 0 Å². The Kier molecular flexibility index (Phi) is 3.11. The fraction of sp³-hybridized carbons (Fsp3) is 0.200. The lowest BCUT2D eigenvalue weighted by Crippen LogP contribution is -2.24.